The van der Waals surface area contributed by atoms with Crippen LogP contribution in [0.2, 0.25) is 0 Å². The molecule has 5 heteroatoms. The van der Waals surface area contributed by atoms with Crippen LogP contribution in [-0.4, -0.2) is 40.8 Å². The molecule has 0 saturated heterocycles. The fourth-order valence-electron chi connectivity index (χ4n) is 1.33. The number of carboxylic acids is 1. The van der Waals surface area contributed by atoms with E-state index >= 15 is 0 Å². The van der Waals surface area contributed by atoms with Gasteiger partial charge in [-0.2, -0.15) is 0 Å². The third-order valence-electron chi connectivity index (χ3n) is 2.61. The van der Waals surface area contributed by atoms with Gasteiger partial charge in [0.2, 0.25) is 0 Å². The van der Waals surface area contributed by atoms with Crippen LogP contribution in [0.25, 0.3) is 0 Å². The number of rotatable bonds is 4. The average molecular weight is 245 g/mol. The van der Waals surface area contributed by atoms with Gasteiger partial charge in [0.05, 0.1) is 0 Å². The van der Waals surface area contributed by atoms with Crippen LogP contribution in [0.5, 0.6) is 0 Å². The van der Waals surface area contributed by atoms with Crippen LogP contribution in [0.15, 0.2) is 0 Å². The minimum absolute atomic E-state index is 0.0360. The molecule has 0 aromatic heterocycles. The molecule has 0 rings (SSSR count). The monoisotopic (exact) mass is 245 g/mol. The summed E-state index contributed by atoms with van der Waals surface area (Å²) in [5, 5.41) is 8.70. The molecule has 0 aliphatic carbocycles. The Morgan fingerprint density at radius 1 is 1.29 bits per heavy atom. The molecule has 0 aliphatic heterocycles. The number of carboxylic acid groups (broad SMARTS) is 1. The summed E-state index contributed by atoms with van der Waals surface area (Å²) in [7, 11) is 1.62. The van der Waals surface area contributed by atoms with Crippen molar-refractivity contribution in [1.82, 2.24) is 4.90 Å². The van der Waals surface area contributed by atoms with Gasteiger partial charge in [0, 0.05) is 19.5 Å². The van der Waals surface area contributed by atoms with Crippen molar-refractivity contribution < 1.29 is 19.4 Å². The fraction of sp³-hybridized carbons (Fsp3) is 0.833. The molecule has 5 nitrogen and oxygen atoms in total. The Kier molecular flexibility index (Phi) is 5.45. The molecule has 1 N–H and O–H groups in total. The molecule has 0 radical (unpaired) electrons. The SMILES string of the molecule is CC(CC(=O)O)C(C)N(C)C(=O)OC(C)(C)C. The van der Waals surface area contributed by atoms with Crippen molar-refractivity contribution in [3.05, 3.63) is 0 Å². The van der Waals surface area contributed by atoms with Crippen LogP contribution < -0.4 is 0 Å². The van der Waals surface area contributed by atoms with Crippen LogP contribution >= 0.6 is 0 Å². The van der Waals surface area contributed by atoms with Gasteiger partial charge in [0.25, 0.3) is 0 Å². The minimum atomic E-state index is -0.859. The van der Waals surface area contributed by atoms with Crippen LogP contribution in [0.3, 0.4) is 0 Å². The molecular weight excluding hydrogens is 222 g/mol. The van der Waals surface area contributed by atoms with Gasteiger partial charge >= 0.3 is 12.1 Å². The third kappa shape index (κ3) is 6.14. The lowest BCUT2D eigenvalue weighted by Crippen LogP contribution is -2.42. The second-order valence-corrected chi connectivity index (χ2v) is 5.41. The van der Waals surface area contributed by atoms with Gasteiger partial charge in [-0.25, -0.2) is 4.79 Å². The van der Waals surface area contributed by atoms with E-state index in [1.165, 1.54) is 4.90 Å². The maximum absolute atomic E-state index is 11.7. The Balaban J connectivity index is 4.43. The van der Waals surface area contributed by atoms with Gasteiger partial charge in [-0.15, -0.1) is 0 Å². The zero-order valence-corrected chi connectivity index (χ0v) is 11.5. The molecule has 0 saturated carbocycles. The minimum Gasteiger partial charge on any atom is -0.481 e. The number of carbonyl (C=O) groups is 2. The Morgan fingerprint density at radius 3 is 2.12 bits per heavy atom. The molecular formula is C12H23NO4. The van der Waals surface area contributed by atoms with E-state index in [-0.39, 0.29) is 18.4 Å². The fourth-order valence-corrected chi connectivity index (χ4v) is 1.33. The van der Waals surface area contributed by atoms with E-state index in [1.807, 2.05) is 6.92 Å². The Hall–Kier alpha value is -1.26. The highest BCUT2D eigenvalue weighted by molar-refractivity contribution is 5.69. The van der Waals surface area contributed by atoms with Gasteiger partial charge in [-0.1, -0.05) is 6.92 Å². The molecule has 100 valence electrons. The summed E-state index contributed by atoms with van der Waals surface area (Å²) in [6.45, 7) is 9.01. The number of hydrogen-bond acceptors (Lipinski definition) is 3. The summed E-state index contributed by atoms with van der Waals surface area (Å²) >= 11 is 0. The molecule has 0 aromatic rings. The lowest BCUT2D eigenvalue weighted by molar-refractivity contribution is -0.138. The van der Waals surface area contributed by atoms with E-state index < -0.39 is 17.7 Å². The molecule has 0 heterocycles. The molecule has 17 heavy (non-hydrogen) atoms. The first-order valence-electron chi connectivity index (χ1n) is 5.72. The molecule has 0 spiro atoms. The van der Waals surface area contributed by atoms with Crippen LogP contribution in [0.4, 0.5) is 4.79 Å². The van der Waals surface area contributed by atoms with E-state index in [2.05, 4.69) is 0 Å². The number of carbonyl (C=O) groups excluding carboxylic acids is 1. The summed E-state index contributed by atoms with van der Waals surface area (Å²) < 4.78 is 5.22. The van der Waals surface area contributed by atoms with Crippen molar-refractivity contribution in [2.75, 3.05) is 7.05 Å². The van der Waals surface area contributed by atoms with Crippen LogP contribution in [-0.2, 0) is 9.53 Å². The van der Waals surface area contributed by atoms with E-state index in [1.54, 1.807) is 34.7 Å². The van der Waals surface area contributed by atoms with E-state index in [9.17, 15) is 9.59 Å². The van der Waals surface area contributed by atoms with Crippen molar-refractivity contribution in [3.63, 3.8) is 0 Å². The molecule has 0 bridgehead atoms. The van der Waals surface area contributed by atoms with E-state index in [4.69, 9.17) is 9.84 Å². The van der Waals surface area contributed by atoms with Crippen LogP contribution in [0, 0.1) is 5.92 Å². The summed E-state index contributed by atoms with van der Waals surface area (Å²) in [5.74, 6) is -0.980. The van der Waals surface area contributed by atoms with Gasteiger partial charge < -0.3 is 14.7 Å². The summed E-state index contributed by atoms with van der Waals surface area (Å²) in [5.41, 5.74) is -0.541. The van der Waals surface area contributed by atoms with Crippen molar-refractivity contribution in [2.24, 2.45) is 5.92 Å². The quantitative estimate of drug-likeness (QED) is 0.825. The average Bonchev–Trinajstić information content (AvgIpc) is 2.11. The van der Waals surface area contributed by atoms with E-state index in [0.717, 1.165) is 0 Å². The van der Waals surface area contributed by atoms with Crippen molar-refractivity contribution in [2.45, 2.75) is 52.7 Å². The van der Waals surface area contributed by atoms with Crippen molar-refractivity contribution in [1.29, 1.82) is 0 Å². The largest absolute Gasteiger partial charge is 0.481 e. The zero-order valence-electron chi connectivity index (χ0n) is 11.5. The maximum Gasteiger partial charge on any atom is 0.410 e. The highest BCUT2D eigenvalue weighted by Gasteiger charge is 2.26. The van der Waals surface area contributed by atoms with Gasteiger partial charge in [-0.3, -0.25) is 4.79 Å². The second kappa shape index (κ2) is 5.89. The summed E-state index contributed by atoms with van der Waals surface area (Å²) in [6, 6.07) is -0.180. The predicted molar refractivity (Wildman–Crippen MR) is 64.9 cm³/mol. The highest BCUT2D eigenvalue weighted by atomic mass is 16.6. The lowest BCUT2D eigenvalue weighted by Gasteiger charge is -2.31. The first-order chi connectivity index (χ1) is 7.54. The van der Waals surface area contributed by atoms with Crippen molar-refractivity contribution >= 4 is 12.1 Å². The summed E-state index contributed by atoms with van der Waals surface area (Å²) in [4.78, 5) is 23.8. The van der Waals surface area contributed by atoms with E-state index in [0.29, 0.717) is 0 Å². The number of hydrogen-bond donors (Lipinski definition) is 1. The molecule has 2 unspecified atom stereocenters. The van der Waals surface area contributed by atoms with Gasteiger partial charge in [-0.05, 0) is 33.6 Å². The Bertz CT molecular complexity index is 283. The summed E-state index contributed by atoms with van der Waals surface area (Å²) in [6.07, 6.45) is -0.392. The highest BCUT2D eigenvalue weighted by Crippen LogP contribution is 2.16. The van der Waals surface area contributed by atoms with Crippen LogP contribution in [0.1, 0.15) is 41.0 Å². The standard InChI is InChI=1S/C12H23NO4/c1-8(7-10(14)15)9(2)13(6)11(16)17-12(3,4)5/h8-9H,7H2,1-6H3,(H,14,15). The smallest absolute Gasteiger partial charge is 0.410 e. The normalized spacial score (nSPS) is 14.9. The molecule has 1 amide bonds. The number of amides is 1. The Morgan fingerprint density at radius 2 is 1.76 bits per heavy atom. The molecule has 0 fully saturated rings. The second-order valence-electron chi connectivity index (χ2n) is 5.41. The van der Waals surface area contributed by atoms with Crippen molar-refractivity contribution in [3.8, 4) is 0 Å². The van der Waals surface area contributed by atoms with Gasteiger partial charge in [0.1, 0.15) is 5.60 Å². The topological polar surface area (TPSA) is 66.8 Å². The third-order valence-corrected chi connectivity index (χ3v) is 2.61. The maximum atomic E-state index is 11.7. The molecule has 0 aliphatic rings. The molecule has 2 atom stereocenters. The lowest BCUT2D eigenvalue weighted by atomic mass is 9.99. The number of ether oxygens (including phenoxy) is 1. The zero-order chi connectivity index (χ0) is 13.8. The number of nitrogens with zero attached hydrogens (tertiary/aromatic N) is 1. The molecule has 0 aromatic carbocycles. The first-order valence-corrected chi connectivity index (χ1v) is 5.72. The Labute approximate surface area is 103 Å². The predicted octanol–water partition coefficient (Wildman–Crippen LogP) is 2.35. The first kappa shape index (κ1) is 15.7. The number of aliphatic carboxylic acids is 1. The van der Waals surface area contributed by atoms with Gasteiger partial charge in [0.15, 0.2) is 0 Å².